The van der Waals surface area contributed by atoms with E-state index in [9.17, 15) is 43.2 Å². The Kier molecular flexibility index (Phi) is 21.6. The maximum Gasteiger partial charge on any atom is 0.243 e. The van der Waals surface area contributed by atoms with Crippen LogP contribution in [0.5, 0.6) is 0 Å². The first-order valence-electron chi connectivity index (χ1n) is 26.2. The number of imidazole rings is 1. The van der Waals surface area contributed by atoms with E-state index in [2.05, 4.69) is 62.5 Å². The number of primary amides is 1. The van der Waals surface area contributed by atoms with E-state index in [-0.39, 0.29) is 76.8 Å². The number of fused-ring (bicyclic) bond motifs is 2. The van der Waals surface area contributed by atoms with Crippen molar-refractivity contribution < 1.29 is 43.2 Å². The number of hydrogen-bond donors (Lipinski definition) is 13. The number of unbranched alkanes of at least 4 members (excludes halogenated alkanes) is 1. The van der Waals surface area contributed by atoms with Crippen molar-refractivity contribution in [3.05, 3.63) is 102 Å². The number of aromatic nitrogens is 3. The summed E-state index contributed by atoms with van der Waals surface area (Å²) in [6.07, 6.45) is 5.65. The van der Waals surface area contributed by atoms with Gasteiger partial charge in [0, 0.05) is 68.3 Å². The molecule has 0 spiro atoms. The third kappa shape index (κ3) is 17.6. The first-order valence-corrected chi connectivity index (χ1v) is 26.2. The second kappa shape index (κ2) is 28.9. The van der Waals surface area contributed by atoms with Crippen LogP contribution < -0.4 is 59.7 Å². The Morgan fingerprint density at radius 1 is 0.744 bits per heavy atom. The zero-order valence-electron chi connectivity index (χ0n) is 43.8. The van der Waals surface area contributed by atoms with Gasteiger partial charge in [0.1, 0.15) is 42.3 Å². The summed E-state index contributed by atoms with van der Waals surface area (Å²) in [4.78, 5) is 140. The van der Waals surface area contributed by atoms with Gasteiger partial charge in [-0.3, -0.25) is 48.1 Å². The molecule has 416 valence electrons. The highest BCUT2D eigenvalue weighted by Gasteiger charge is 2.35. The van der Waals surface area contributed by atoms with Crippen LogP contribution in [0.1, 0.15) is 88.5 Å². The topological polar surface area (TPSA) is 385 Å². The van der Waals surface area contributed by atoms with E-state index in [0.29, 0.717) is 29.7 Å². The van der Waals surface area contributed by atoms with E-state index >= 15 is 0 Å². The summed E-state index contributed by atoms with van der Waals surface area (Å²) in [7, 11) is 0. The standard InChI is InChI=1S/C54H71N15O9/c1-3-4-15-40(63-31(2)70)48(73)69-45-27-46(71)59-21-10-9-17-39(47(55)72)64-51(76)43(25-35-28-61-38-16-8-7-14-37(35)38)67-49(74)41(18-11-22-60-54(56)57)65-50(75)42(24-32-19-20-33-12-5-6-13-34(33)23-32)66-52(77)44(68-53(45)78)26-36-29-58-30-62-36/h5-8,12-14,16,19-20,23,28-30,39-45,61H,3-4,9-11,15,17-18,21-22,24-27H2,1-2H3,(H2,55,72)(H,58,62)(H,59,71)(H,63,70)(H,64,76)(H,65,75)(H,66,77)(H,67,74)(H,68,78)(H,69,73)(H4,56,57,60)/t39-,40-,41-,42+,43-,44-,45?/m0/s1. The summed E-state index contributed by atoms with van der Waals surface area (Å²) in [6, 6.07) is 10.9. The van der Waals surface area contributed by atoms with Crippen LogP contribution in [0.4, 0.5) is 0 Å². The second-order valence-electron chi connectivity index (χ2n) is 19.4. The van der Waals surface area contributed by atoms with Crippen LogP contribution in [0, 0.1) is 0 Å². The van der Waals surface area contributed by atoms with Crippen molar-refractivity contribution in [2.75, 3.05) is 13.1 Å². The molecule has 1 aliphatic rings. The number of carbonyl (C=O) groups excluding carboxylic acids is 9. The number of H-pyrrole nitrogens is 2. The molecule has 24 nitrogen and oxygen atoms in total. The number of aromatic amines is 2. The van der Waals surface area contributed by atoms with Crippen LogP contribution in [0.3, 0.4) is 0 Å². The number of guanidine groups is 1. The lowest BCUT2D eigenvalue weighted by Crippen LogP contribution is -2.61. The molecule has 3 aromatic carbocycles. The summed E-state index contributed by atoms with van der Waals surface area (Å²) >= 11 is 0. The number of nitrogens with two attached hydrogens (primary N) is 3. The van der Waals surface area contributed by atoms with Gasteiger partial charge in [-0.15, -0.1) is 0 Å². The highest BCUT2D eigenvalue weighted by atomic mass is 16.2. The van der Waals surface area contributed by atoms with Gasteiger partial charge in [-0.2, -0.15) is 0 Å². The molecule has 1 aliphatic heterocycles. The molecule has 0 aliphatic carbocycles. The summed E-state index contributed by atoms with van der Waals surface area (Å²) in [6.45, 7) is 3.25. The lowest BCUT2D eigenvalue weighted by atomic mass is 9.99. The summed E-state index contributed by atoms with van der Waals surface area (Å²) < 4.78 is 0. The average molecular weight is 1070 g/mol. The number of carbonyl (C=O) groups is 9. The molecule has 2 aromatic heterocycles. The van der Waals surface area contributed by atoms with E-state index in [1.165, 1.54) is 19.4 Å². The molecule has 9 amide bonds. The largest absolute Gasteiger partial charge is 0.370 e. The first kappa shape index (κ1) is 58.4. The summed E-state index contributed by atoms with van der Waals surface area (Å²) in [5, 5.41) is 24.3. The maximum atomic E-state index is 15.0. The highest BCUT2D eigenvalue weighted by molar-refractivity contribution is 5.99. The monoisotopic (exact) mass is 1070 g/mol. The Morgan fingerprint density at radius 3 is 2.12 bits per heavy atom. The number of aliphatic imine (C=N–C) groups is 1. The normalized spacial score (nSPS) is 20.9. The van der Waals surface area contributed by atoms with Crippen molar-refractivity contribution in [1.29, 1.82) is 0 Å². The van der Waals surface area contributed by atoms with Crippen molar-refractivity contribution in [1.82, 2.24) is 57.5 Å². The second-order valence-corrected chi connectivity index (χ2v) is 19.4. The highest BCUT2D eigenvalue weighted by Crippen LogP contribution is 2.21. The number of hydrogen-bond acceptors (Lipinski definition) is 11. The van der Waals surface area contributed by atoms with E-state index in [4.69, 9.17) is 17.2 Å². The Balaban J connectivity index is 1.41. The van der Waals surface area contributed by atoms with Crippen LogP contribution in [0.15, 0.2) is 90.4 Å². The molecule has 1 saturated heterocycles. The Morgan fingerprint density at radius 2 is 1.41 bits per heavy atom. The SMILES string of the molecule is CCCC[C@H](NC(C)=O)C(=O)NC1CC(=O)NCCCC[C@@H](C(N)=O)NC(=O)[C@H](Cc2c[nH]c3ccccc23)NC(=O)[C@H](CCCN=C(N)N)NC(=O)[C@@H](Cc2ccc3ccccc3c2)NC(=O)[C@H](Cc2cnc[nH]2)NC1=O. The Labute approximate surface area is 450 Å². The fourth-order valence-corrected chi connectivity index (χ4v) is 9.15. The minimum absolute atomic E-state index is 0.0366. The van der Waals surface area contributed by atoms with Gasteiger partial charge in [0.15, 0.2) is 5.96 Å². The van der Waals surface area contributed by atoms with Gasteiger partial charge in [-0.05, 0) is 66.5 Å². The van der Waals surface area contributed by atoms with E-state index in [1.807, 2.05) is 67.6 Å². The summed E-state index contributed by atoms with van der Waals surface area (Å²) in [5.41, 5.74) is 19.5. The molecular formula is C54H71N15O9. The zero-order chi connectivity index (χ0) is 56.1. The molecule has 78 heavy (non-hydrogen) atoms. The first-order chi connectivity index (χ1) is 37.5. The molecule has 5 aromatic rings. The molecule has 1 fully saturated rings. The quantitative estimate of drug-likeness (QED) is 0.0330. The minimum Gasteiger partial charge on any atom is -0.370 e. The lowest BCUT2D eigenvalue weighted by Gasteiger charge is -2.28. The van der Waals surface area contributed by atoms with E-state index in [1.54, 1.807) is 12.3 Å². The zero-order valence-corrected chi connectivity index (χ0v) is 43.8. The van der Waals surface area contributed by atoms with Crippen LogP contribution in [-0.2, 0) is 62.4 Å². The van der Waals surface area contributed by atoms with E-state index < -0.39 is 102 Å². The van der Waals surface area contributed by atoms with Gasteiger partial charge >= 0.3 is 0 Å². The van der Waals surface area contributed by atoms with Gasteiger partial charge in [0.05, 0.1) is 12.7 Å². The number of para-hydroxylation sites is 1. The molecule has 0 bridgehead atoms. The molecular weight excluding hydrogens is 1000 g/mol. The van der Waals surface area contributed by atoms with Crippen LogP contribution in [-0.4, -0.2) is 129 Å². The molecule has 0 radical (unpaired) electrons. The minimum atomic E-state index is -1.59. The van der Waals surface area contributed by atoms with Gasteiger partial charge in [-0.25, -0.2) is 4.98 Å². The third-order valence-electron chi connectivity index (χ3n) is 13.3. The third-order valence-corrected chi connectivity index (χ3v) is 13.3. The number of nitrogens with zero attached hydrogens (tertiary/aromatic N) is 2. The van der Waals surface area contributed by atoms with Crippen molar-refractivity contribution in [3.63, 3.8) is 0 Å². The van der Waals surface area contributed by atoms with Gasteiger partial charge in [-0.1, -0.05) is 80.4 Å². The maximum absolute atomic E-state index is 15.0. The molecule has 3 heterocycles. The van der Waals surface area contributed by atoms with Crippen LogP contribution in [0.2, 0.25) is 0 Å². The fraction of sp³-hybridized carbons (Fsp3) is 0.426. The molecule has 1 unspecified atom stereocenters. The number of benzene rings is 3. The number of nitrogens with one attached hydrogen (secondary N) is 10. The molecule has 16 N–H and O–H groups in total. The molecule has 7 atom stereocenters. The average Bonchev–Trinajstić information content (AvgIpc) is 4.10. The van der Waals surface area contributed by atoms with Crippen molar-refractivity contribution in [2.24, 2.45) is 22.2 Å². The number of amides is 9. The predicted octanol–water partition coefficient (Wildman–Crippen LogP) is -0.0951. The molecule has 6 rings (SSSR count). The van der Waals surface area contributed by atoms with Gasteiger partial charge in [0.2, 0.25) is 53.2 Å². The van der Waals surface area contributed by atoms with Crippen molar-refractivity contribution >= 4 is 80.8 Å². The summed E-state index contributed by atoms with van der Waals surface area (Å²) in [5.74, 6) is -7.13. The van der Waals surface area contributed by atoms with Gasteiger partial charge in [0.25, 0.3) is 0 Å². The Bertz CT molecular complexity index is 2940. The molecule has 24 heteroatoms. The lowest BCUT2D eigenvalue weighted by molar-refractivity contribution is -0.136. The van der Waals surface area contributed by atoms with Crippen molar-refractivity contribution in [3.8, 4) is 0 Å². The van der Waals surface area contributed by atoms with Crippen molar-refractivity contribution in [2.45, 2.75) is 133 Å². The van der Waals surface area contributed by atoms with Crippen LogP contribution >= 0.6 is 0 Å². The fourth-order valence-electron chi connectivity index (χ4n) is 9.15. The smallest absolute Gasteiger partial charge is 0.243 e. The van der Waals surface area contributed by atoms with Crippen LogP contribution in [0.25, 0.3) is 21.7 Å². The molecule has 0 saturated carbocycles. The number of rotatable bonds is 17. The van der Waals surface area contributed by atoms with E-state index in [0.717, 1.165) is 21.7 Å². The van der Waals surface area contributed by atoms with Gasteiger partial charge < -0.3 is 69.7 Å². The Hall–Kier alpha value is -8.83. The predicted molar refractivity (Wildman–Crippen MR) is 291 cm³/mol.